The average molecular weight is 307 g/mol. The van der Waals surface area contributed by atoms with E-state index in [0.717, 1.165) is 45.6 Å². The molecule has 7 heteroatoms. The van der Waals surface area contributed by atoms with Gasteiger partial charge in [0, 0.05) is 19.6 Å². The summed E-state index contributed by atoms with van der Waals surface area (Å²) in [5.74, 6) is -1.67. The van der Waals surface area contributed by atoms with Crippen LogP contribution in [0.3, 0.4) is 0 Å². The molecule has 0 bridgehead atoms. The van der Waals surface area contributed by atoms with E-state index in [1.54, 1.807) is 0 Å². The van der Waals surface area contributed by atoms with Crippen molar-refractivity contribution in [3.63, 3.8) is 0 Å². The number of carbonyl (C=O) groups excluding carboxylic acids is 1. The Bertz CT molecular complexity index is 359. The van der Waals surface area contributed by atoms with E-state index in [1.165, 1.54) is 6.42 Å². The Hall–Kier alpha value is -0.820. The van der Waals surface area contributed by atoms with Crippen molar-refractivity contribution in [1.29, 1.82) is 0 Å². The van der Waals surface area contributed by atoms with Gasteiger partial charge in [-0.3, -0.25) is 4.79 Å². The van der Waals surface area contributed by atoms with Crippen molar-refractivity contribution in [2.24, 2.45) is 11.3 Å². The minimum Gasteiger partial charge on any atom is -0.348 e. The Morgan fingerprint density at radius 2 is 2.05 bits per heavy atom. The predicted octanol–water partition coefficient (Wildman–Crippen LogP) is 1.38. The van der Waals surface area contributed by atoms with Crippen LogP contribution in [0.15, 0.2) is 0 Å². The average Bonchev–Trinajstić information content (AvgIpc) is 2.83. The van der Waals surface area contributed by atoms with Crippen LogP contribution in [-0.4, -0.2) is 56.3 Å². The molecule has 1 atom stereocenters. The molecule has 0 aliphatic carbocycles. The van der Waals surface area contributed by atoms with E-state index in [-0.39, 0.29) is 12.5 Å². The van der Waals surface area contributed by atoms with Gasteiger partial charge in [0.2, 0.25) is 0 Å². The summed E-state index contributed by atoms with van der Waals surface area (Å²) in [5.41, 5.74) is 0.317. The monoisotopic (exact) mass is 307 g/mol. The highest BCUT2D eigenvalue weighted by molar-refractivity contribution is 5.81. The summed E-state index contributed by atoms with van der Waals surface area (Å²) < 4.78 is 36.3. The number of amides is 1. The lowest BCUT2D eigenvalue weighted by molar-refractivity contribution is -0.173. The van der Waals surface area contributed by atoms with E-state index >= 15 is 0 Å². The third-order valence-corrected chi connectivity index (χ3v) is 4.58. The van der Waals surface area contributed by atoms with Crippen LogP contribution in [0.1, 0.15) is 26.2 Å². The molecule has 2 saturated heterocycles. The lowest BCUT2D eigenvalue weighted by Crippen LogP contribution is -2.45. The van der Waals surface area contributed by atoms with E-state index in [2.05, 4.69) is 17.1 Å². The Morgan fingerprint density at radius 1 is 1.38 bits per heavy atom. The number of hydrogen-bond donors (Lipinski definition) is 2. The highest BCUT2D eigenvalue weighted by Gasteiger charge is 2.39. The van der Waals surface area contributed by atoms with Crippen LogP contribution in [0.25, 0.3) is 0 Å². The molecule has 1 unspecified atom stereocenters. The number of piperidine rings is 1. The molecule has 0 aromatic heterocycles. The number of alkyl halides is 3. The fraction of sp³-hybridized carbons (Fsp3) is 0.929. The van der Waals surface area contributed by atoms with Crippen molar-refractivity contribution >= 4 is 5.91 Å². The first kappa shape index (κ1) is 16.5. The second-order valence-electron chi connectivity index (χ2n) is 6.66. The van der Waals surface area contributed by atoms with Crippen molar-refractivity contribution < 1.29 is 18.0 Å². The lowest BCUT2D eigenvalue weighted by atomic mass is 9.87. The van der Waals surface area contributed by atoms with Crippen molar-refractivity contribution in [1.82, 2.24) is 15.5 Å². The first-order chi connectivity index (χ1) is 9.78. The van der Waals surface area contributed by atoms with Gasteiger partial charge in [0.25, 0.3) is 0 Å². The van der Waals surface area contributed by atoms with E-state index in [0.29, 0.717) is 5.41 Å². The summed E-state index contributed by atoms with van der Waals surface area (Å²) in [5, 5.41) is 5.37. The second kappa shape index (κ2) is 6.52. The van der Waals surface area contributed by atoms with Crippen molar-refractivity contribution in [3.05, 3.63) is 0 Å². The molecular formula is C14H24F3N3O. The molecule has 2 fully saturated rings. The Labute approximate surface area is 123 Å². The van der Waals surface area contributed by atoms with Crippen LogP contribution < -0.4 is 10.6 Å². The molecule has 1 amide bonds. The number of likely N-dealkylation sites (tertiary alicyclic amines) is 1. The molecule has 0 radical (unpaired) electrons. The molecule has 2 aliphatic heterocycles. The van der Waals surface area contributed by atoms with Crippen LogP contribution in [0, 0.1) is 11.3 Å². The highest BCUT2D eigenvalue weighted by Crippen LogP contribution is 2.28. The molecule has 0 aromatic carbocycles. The number of nitrogens with one attached hydrogen (secondary N) is 2. The highest BCUT2D eigenvalue weighted by atomic mass is 19.4. The zero-order valence-corrected chi connectivity index (χ0v) is 12.4. The van der Waals surface area contributed by atoms with Gasteiger partial charge in [-0.25, -0.2) is 0 Å². The summed E-state index contributed by atoms with van der Waals surface area (Å²) in [4.78, 5) is 13.2. The van der Waals surface area contributed by atoms with Gasteiger partial charge in [0.1, 0.15) is 0 Å². The number of rotatable bonds is 4. The van der Waals surface area contributed by atoms with Crippen LogP contribution >= 0.6 is 0 Å². The van der Waals surface area contributed by atoms with Crippen LogP contribution in [-0.2, 0) is 4.79 Å². The summed E-state index contributed by atoms with van der Waals surface area (Å²) in [6.07, 6.45) is -1.90. The normalized spacial score (nSPS) is 28.8. The predicted molar refractivity (Wildman–Crippen MR) is 73.8 cm³/mol. The van der Waals surface area contributed by atoms with E-state index in [4.69, 9.17) is 0 Å². The summed E-state index contributed by atoms with van der Waals surface area (Å²) >= 11 is 0. The minimum absolute atomic E-state index is 0.130. The molecule has 0 saturated carbocycles. The van der Waals surface area contributed by atoms with Gasteiger partial charge < -0.3 is 15.5 Å². The first-order valence-electron chi connectivity index (χ1n) is 7.57. The molecule has 4 nitrogen and oxygen atoms in total. The fourth-order valence-corrected chi connectivity index (χ4v) is 3.23. The molecule has 2 rings (SSSR count). The lowest BCUT2D eigenvalue weighted by Gasteiger charge is -2.37. The van der Waals surface area contributed by atoms with Gasteiger partial charge in [-0.2, -0.15) is 13.2 Å². The smallest absolute Gasteiger partial charge is 0.348 e. The molecule has 122 valence electrons. The molecule has 0 aromatic rings. The van der Waals surface area contributed by atoms with Gasteiger partial charge in [0.15, 0.2) is 0 Å². The van der Waals surface area contributed by atoms with Gasteiger partial charge in [-0.05, 0) is 50.2 Å². The van der Waals surface area contributed by atoms with Gasteiger partial charge in [-0.15, -0.1) is 0 Å². The SMILES string of the molecule is CC1(CN2CCC(CNC(=O)C(F)(F)F)CC2)CCNC1. The largest absolute Gasteiger partial charge is 0.471 e. The van der Waals surface area contributed by atoms with Gasteiger partial charge in [-0.1, -0.05) is 6.92 Å². The third kappa shape index (κ3) is 4.85. The summed E-state index contributed by atoms with van der Waals surface area (Å²) in [7, 11) is 0. The molecule has 2 N–H and O–H groups in total. The third-order valence-electron chi connectivity index (χ3n) is 4.58. The second-order valence-corrected chi connectivity index (χ2v) is 6.66. The Balaban J connectivity index is 1.67. The van der Waals surface area contributed by atoms with Crippen LogP contribution in [0.2, 0.25) is 0 Å². The van der Waals surface area contributed by atoms with Crippen molar-refractivity contribution in [2.45, 2.75) is 32.4 Å². The van der Waals surface area contributed by atoms with E-state index in [9.17, 15) is 18.0 Å². The van der Waals surface area contributed by atoms with E-state index < -0.39 is 12.1 Å². The van der Waals surface area contributed by atoms with Crippen molar-refractivity contribution in [2.75, 3.05) is 39.3 Å². The molecule has 0 spiro atoms. The molecular weight excluding hydrogens is 283 g/mol. The maximum atomic E-state index is 12.1. The minimum atomic E-state index is -4.77. The number of hydrogen-bond acceptors (Lipinski definition) is 3. The van der Waals surface area contributed by atoms with Crippen LogP contribution in [0.4, 0.5) is 13.2 Å². The maximum Gasteiger partial charge on any atom is 0.471 e. The fourth-order valence-electron chi connectivity index (χ4n) is 3.23. The number of carbonyl (C=O) groups is 1. The summed E-state index contributed by atoms with van der Waals surface area (Å²) in [6.45, 7) is 7.37. The molecule has 2 aliphatic rings. The zero-order chi connectivity index (χ0) is 15.5. The maximum absolute atomic E-state index is 12.1. The zero-order valence-electron chi connectivity index (χ0n) is 12.4. The molecule has 2 heterocycles. The van der Waals surface area contributed by atoms with Gasteiger partial charge in [0.05, 0.1) is 0 Å². The van der Waals surface area contributed by atoms with Crippen LogP contribution in [0.5, 0.6) is 0 Å². The number of halogens is 3. The van der Waals surface area contributed by atoms with Crippen molar-refractivity contribution in [3.8, 4) is 0 Å². The quantitative estimate of drug-likeness (QED) is 0.825. The topological polar surface area (TPSA) is 44.4 Å². The van der Waals surface area contributed by atoms with E-state index in [1.807, 2.05) is 5.32 Å². The Morgan fingerprint density at radius 3 is 2.57 bits per heavy atom. The van der Waals surface area contributed by atoms with Gasteiger partial charge >= 0.3 is 12.1 Å². The Kier molecular flexibility index (Phi) is 5.14. The first-order valence-corrected chi connectivity index (χ1v) is 7.57. The number of nitrogens with zero attached hydrogens (tertiary/aromatic N) is 1. The summed E-state index contributed by atoms with van der Waals surface area (Å²) in [6, 6.07) is 0. The standard InChI is InChI=1S/C14H24F3N3O/c1-13(4-5-18-9-13)10-20-6-2-11(3-7-20)8-19-12(21)14(15,16)17/h11,18H,2-10H2,1H3,(H,19,21). The molecule has 21 heavy (non-hydrogen) atoms.